The normalized spacial score (nSPS) is 21.8. The van der Waals surface area contributed by atoms with Crippen LogP contribution in [-0.2, 0) is 23.9 Å². The fourth-order valence-corrected chi connectivity index (χ4v) is 5.86. The van der Waals surface area contributed by atoms with E-state index in [1.54, 1.807) is 11.0 Å². The fourth-order valence-electron chi connectivity index (χ4n) is 5.86. The third-order valence-corrected chi connectivity index (χ3v) is 7.64. The van der Waals surface area contributed by atoms with Crippen LogP contribution in [0.2, 0.25) is 0 Å². The lowest BCUT2D eigenvalue weighted by Crippen LogP contribution is -2.56. The Labute approximate surface area is 219 Å². The number of fused-ring (bicyclic) bond motifs is 1. The van der Waals surface area contributed by atoms with Crippen LogP contribution in [0.15, 0.2) is 36.5 Å². The van der Waals surface area contributed by atoms with Gasteiger partial charge < -0.3 is 14.9 Å². The number of carbonyl (C=O) groups excluding carboxylic acids is 2. The molecule has 0 spiro atoms. The van der Waals surface area contributed by atoms with Crippen LogP contribution in [0.4, 0.5) is 17.6 Å². The van der Waals surface area contributed by atoms with Gasteiger partial charge in [-0.1, -0.05) is 19.4 Å². The van der Waals surface area contributed by atoms with Crippen LogP contribution < -0.4 is 0 Å². The fraction of sp³-hybridized carbons (Fsp3) is 0.536. The highest BCUT2D eigenvalue weighted by molar-refractivity contribution is 5.95. The topological polar surface area (TPSA) is 73.7 Å². The van der Waals surface area contributed by atoms with E-state index in [2.05, 4.69) is 4.98 Å². The summed E-state index contributed by atoms with van der Waals surface area (Å²) in [6.07, 6.45) is 0.0796. The van der Waals surface area contributed by atoms with Crippen molar-refractivity contribution in [1.29, 1.82) is 0 Å². The first-order valence-electron chi connectivity index (χ1n) is 13.2. The Hall–Kier alpha value is -3.01. The van der Waals surface area contributed by atoms with E-state index in [-0.39, 0.29) is 37.5 Å². The third kappa shape index (κ3) is 5.85. The Morgan fingerprint density at radius 3 is 2.63 bits per heavy atom. The number of carbonyl (C=O) groups is 2. The molecule has 10 heteroatoms. The number of aromatic nitrogens is 1. The molecule has 3 atom stereocenters. The Morgan fingerprint density at radius 2 is 1.92 bits per heavy atom. The summed E-state index contributed by atoms with van der Waals surface area (Å²) in [7, 11) is 0. The van der Waals surface area contributed by atoms with E-state index in [9.17, 15) is 32.3 Å². The highest BCUT2D eigenvalue weighted by Gasteiger charge is 2.44. The number of hydrogen-bond acceptors (Lipinski definition) is 4. The van der Waals surface area contributed by atoms with Gasteiger partial charge in [-0.25, -0.2) is 4.39 Å². The molecule has 2 aliphatic heterocycles. The van der Waals surface area contributed by atoms with Gasteiger partial charge in [0.2, 0.25) is 5.91 Å². The summed E-state index contributed by atoms with van der Waals surface area (Å²) in [4.78, 5) is 34.5. The zero-order valence-corrected chi connectivity index (χ0v) is 21.4. The van der Waals surface area contributed by atoms with Gasteiger partial charge in [0.1, 0.15) is 11.5 Å². The average molecular weight is 536 g/mol. The van der Waals surface area contributed by atoms with E-state index in [0.29, 0.717) is 44.9 Å². The van der Waals surface area contributed by atoms with Crippen LogP contribution in [0.1, 0.15) is 72.6 Å². The molecule has 3 unspecified atom stereocenters. The zero-order chi connectivity index (χ0) is 27.4. The van der Waals surface area contributed by atoms with Crippen LogP contribution in [-0.4, -0.2) is 56.9 Å². The highest BCUT2D eigenvalue weighted by atomic mass is 19.4. The maximum Gasteiger partial charge on any atom is 0.418 e. The second-order valence-electron chi connectivity index (χ2n) is 10.1. The number of nitrogens with zero attached hydrogens (tertiary/aromatic N) is 3. The molecule has 0 aliphatic carbocycles. The van der Waals surface area contributed by atoms with E-state index in [1.807, 2.05) is 6.92 Å². The SMILES string of the molecule is CCCC1C(C(=O)N2Cc3cc(F)ccc3CC2CCCO)CCCN1C(=O)c1ncccc1C(F)(F)F. The molecule has 1 aromatic heterocycles. The average Bonchev–Trinajstić information content (AvgIpc) is 2.90. The predicted octanol–water partition coefficient (Wildman–Crippen LogP) is 4.99. The molecule has 1 aromatic carbocycles. The number of rotatable bonds is 7. The van der Waals surface area contributed by atoms with Crippen LogP contribution in [0, 0.1) is 11.7 Å². The minimum Gasteiger partial charge on any atom is -0.396 e. The monoisotopic (exact) mass is 535 g/mol. The Bertz CT molecular complexity index is 1160. The van der Waals surface area contributed by atoms with Gasteiger partial charge in [0.15, 0.2) is 0 Å². The van der Waals surface area contributed by atoms with E-state index in [0.717, 1.165) is 23.3 Å². The summed E-state index contributed by atoms with van der Waals surface area (Å²) >= 11 is 0. The molecule has 1 fully saturated rings. The number of pyridine rings is 1. The minimum atomic E-state index is -4.74. The second-order valence-corrected chi connectivity index (χ2v) is 10.1. The molecule has 3 heterocycles. The lowest BCUT2D eigenvalue weighted by molar-refractivity contribution is -0.143. The lowest BCUT2D eigenvalue weighted by atomic mass is 9.83. The van der Waals surface area contributed by atoms with Crippen molar-refractivity contribution in [3.05, 3.63) is 64.7 Å². The largest absolute Gasteiger partial charge is 0.418 e. The standard InChI is InChI=1S/C28H33F4N3O3/c1-2-6-24-22(8-4-13-34(24)27(38)25-23(28(30,31)32)9-3-12-33-25)26(37)35-17-19-15-20(29)11-10-18(19)16-21(35)7-5-14-36/h3,9-12,15,21-22,24,36H,2,4-8,13-14,16-17H2,1H3. The maximum atomic E-state index is 14.1. The van der Waals surface area contributed by atoms with E-state index in [4.69, 9.17) is 0 Å². The summed E-state index contributed by atoms with van der Waals surface area (Å²) in [6.45, 7) is 2.34. The molecular formula is C28H33F4N3O3. The molecule has 6 nitrogen and oxygen atoms in total. The molecule has 0 radical (unpaired) electrons. The summed E-state index contributed by atoms with van der Waals surface area (Å²) in [6, 6.07) is 5.77. The number of aliphatic hydroxyl groups is 1. The molecule has 1 saturated heterocycles. The van der Waals surface area contributed by atoms with Crippen molar-refractivity contribution in [1.82, 2.24) is 14.8 Å². The van der Waals surface area contributed by atoms with Crippen LogP contribution in [0.25, 0.3) is 0 Å². The molecule has 0 saturated carbocycles. The summed E-state index contributed by atoms with van der Waals surface area (Å²) in [5.74, 6) is -2.00. The van der Waals surface area contributed by atoms with Gasteiger partial charge in [0, 0.05) is 38.0 Å². The number of aliphatic hydroxyl groups excluding tert-OH is 1. The molecule has 0 bridgehead atoms. The quantitative estimate of drug-likeness (QED) is 0.508. The first-order valence-corrected chi connectivity index (χ1v) is 13.2. The number of halogens is 4. The molecular weight excluding hydrogens is 502 g/mol. The second kappa shape index (κ2) is 11.8. The van der Waals surface area contributed by atoms with Crippen molar-refractivity contribution in [3.8, 4) is 0 Å². The van der Waals surface area contributed by atoms with Gasteiger partial charge >= 0.3 is 6.18 Å². The number of benzene rings is 1. The summed E-state index contributed by atoms with van der Waals surface area (Å²) < 4.78 is 54.9. The van der Waals surface area contributed by atoms with E-state index in [1.165, 1.54) is 23.2 Å². The minimum absolute atomic E-state index is 0.0232. The number of amides is 2. The molecule has 2 aromatic rings. The number of piperidine rings is 1. The van der Waals surface area contributed by atoms with Gasteiger partial charge in [-0.2, -0.15) is 13.2 Å². The Kier molecular flexibility index (Phi) is 8.70. The smallest absolute Gasteiger partial charge is 0.396 e. The van der Waals surface area contributed by atoms with E-state index >= 15 is 0 Å². The van der Waals surface area contributed by atoms with Gasteiger partial charge in [-0.05, 0) is 73.9 Å². The van der Waals surface area contributed by atoms with Crippen molar-refractivity contribution >= 4 is 11.8 Å². The molecule has 4 rings (SSSR count). The van der Waals surface area contributed by atoms with Gasteiger partial charge in [-0.15, -0.1) is 0 Å². The lowest BCUT2D eigenvalue weighted by Gasteiger charge is -2.45. The molecule has 206 valence electrons. The van der Waals surface area contributed by atoms with Gasteiger partial charge in [0.05, 0.1) is 11.5 Å². The van der Waals surface area contributed by atoms with E-state index < -0.39 is 35.3 Å². The van der Waals surface area contributed by atoms with Crippen molar-refractivity contribution in [2.75, 3.05) is 13.2 Å². The molecule has 38 heavy (non-hydrogen) atoms. The van der Waals surface area contributed by atoms with Crippen LogP contribution in [0.3, 0.4) is 0 Å². The van der Waals surface area contributed by atoms with Crippen molar-refractivity contribution in [2.24, 2.45) is 5.92 Å². The maximum absolute atomic E-state index is 14.1. The van der Waals surface area contributed by atoms with Gasteiger partial charge in [0.25, 0.3) is 5.91 Å². The third-order valence-electron chi connectivity index (χ3n) is 7.64. The molecule has 2 aliphatic rings. The first kappa shape index (κ1) is 28.0. The van der Waals surface area contributed by atoms with Crippen molar-refractivity contribution in [2.45, 2.75) is 76.7 Å². The summed E-state index contributed by atoms with van der Waals surface area (Å²) in [5.41, 5.74) is -0.0682. The number of likely N-dealkylation sites (tertiary alicyclic amines) is 1. The van der Waals surface area contributed by atoms with Crippen LogP contribution >= 0.6 is 0 Å². The Morgan fingerprint density at radius 1 is 1.13 bits per heavy atom. The first-order chi connectivity index (χ1) is 18.2. The number of alkyl halides is 3. The zero-order valence-electron chi connectivity index (χ0n) is 21.4. The van der Waals surface area contributed by atoms with Crippen molar-refractivity contribution < 1.29 is 32.3 Å². The molecule has 1 N–H and O–H groups in total. The number of hydrogen-bond donors (Lipinski definition) is 1. The highest BCUT2D eigenvalue weighted by Crippen LogP contribution is 2.36. The van der Waals surface area contributed by atoms with Gasteiger partial charge in [-0.3, -0.25) is 14.6 Å². The predicted molar refractivity (Wildman–Crippen MR) is 132 cm³/mol. The van der Waals surface area contributed by atoms with Crippen molar-refractivity contribution in [3.63, 3.8) is 0 Å². The van der Waals surface area contributed by atoms with Crippen LogP contribution in [0.5, 0.6) is 0 Å². The molecule has 2 amide bonds. The Balaban J connectivity index is 1.64. The summed E-state index contributed by atoms with van der Waals surface area (Å²) in [5, 5.41) is 9.41.